The molecule has 4 N–H and O–H groups in total. The second-order valence-corrected chi connectivity index (χ2v) is 5.79. The maximum absolute atomic E-state index is 11.8. The van der Waals surface area contributed by atoms with Crippen molar-refractivity contribution in [2.45, 2.75) is 19.9 Å². The Kier molecular flexibility index (Phi) is 4.07. The Bertz CT molecular complexity index is 802. The van der Waals surface area contributed by atoms with Gasteiger partial charge in [0.2, 0.25) is 0 Å². The molecule has 1 aromatic carbocycles. The van der Waals surface area contributed by atoms with E-state index in [4.69, 9.17) is 5.73 Å². The summed E-state index contributed by atoms with van der Waals surface area (Å²) in [5.41, 5.74) is 8.75. The minimum Gasteiger partial charge on any atom is -0.478 e. The number of nitrogens with two attached hydrogens (primary N) is 1. The second kappa shape index (κ2) is 6.19. The molecule has 0 radical (unpaired) electrons. The van der Waals surface area contributed by atoms with Gasteiger partial charge in [-0.15, -0.1) is 0 Å². The minimum absolute atomic E-state index is 0.150. The summed E-state index contributed by atoms with van der Waals surface area (Å²) in [6, 6.07) is 7.10. The molecule has 3 rings (SSSR count). The van der Waals surface area contributed by atoms with Crippen LogP contribution in [-0.4, -0.2) is 33.5 Å². The number of aromatic nitrogens is 1. The molecule has 0 spiro atoms. The summed E-state index contributed by atoms with van der Waals surface area (Å²) in [6.07, 6.45) is 2.04. The van der Waals surface area contributed by atoms with Gasteiger partial charge in [-0.3, -0.25) is 0 Å². The van der Waals surface area contributed by atoms with E-state index in [-0.39, 0.29) is 12.1 Å². The fraction of sp³-hybridized carbons (Fsp3) is 0.235. The van der Waals surface area contributed by atoms with Crippen LogP contribution >= 0.6 is 0 Å². The van der Waals surface area contributed by atoms with Crippen LogP contribution in [0.4, 0.5) is 16.3 Å². The molecular formula is C17H18N4O3. The molecule has 0 saturated carbocycles. The summed E-state index contributed by atoms with van der Waals surface area (Å²) in [4.78, 5) is 28.8. The number of primary amides is 1. The number of benzene rings is 1. The molecule has 24 heavy (non-hydrogen) atoms. The predicted molar refractivity (Wildman–Crippen MR) is 89.4 cm³/mol. The first kappa shape index (κ1) is 15.8. The average Bonchev–Trinajstić information content (AvgIpc) is 2.55. The third kappa shape index (κ3) is 3.01. The van der Waals surface area contributed by atoms with Crippen LogP contribution in [0, 0.1) is 6.92 Å². The highest BCUT2D eigenvalue weighted by Crippen LogP contribution is 2.28. The molecule has 2 heterocycles. The second-order valence-electron chi connectivity index (χ2n) is 5.79. The van der Waals surface area contributed by atoms with E-state index in [9.17, 15) is 14.7 Å². The Hall–Kier alpha value is -3.09. The molecule has 0 saturated heterocycles. The van der Waals surface area contributed by atoms with Crippen LogP contribution < -0.4 is 11.1 Å². The van der Waals surface area contributed by atoms with Crippen molar-refractivity contribution in [1.82, 2.24) is 9.88 Å². The van der Waals surface area contributed by atoms with Gasteiger partial charge < -0.3 is 21.1 Å². The van der Waals surface area contributed by atoms with Crippen LogP contribution in [0.25, 0.3) is 0 Å². The van der Waals surface area contributed by atoms with E-state index in [1.54, 1.807) is 6.20 Å². The SMILES string of the molecule is Cc1ccc(Nc2ncc3c(c2C(=O)O)CCN(C(N)=O)C3)cc1. The van der Waals surface area contributed by atoms with E-state index in [1.807, 2.05) is 31.2 Å². The van der Waals surface area contributed by atoms with Gasteiger partial charge in [-0.1, -0.05) is 17.7 Å². The number of carboxylic acids is 1. The van der Waals surface area contributed by atoms with Crippen molar-refractivity contribution in [1.29, 1.82) is 0 Å². The van der Waals surface area contributed by atoms with Gasteiger partial charge in [-0.05, 0) is 36.6 Å². The maximum atomic E-state index is 11.8. The number of carboxylic acid groups (broad SMARTS) is 1. The first-order valence-corrected chi connectivity index (χ1v) is 7.58. The van der Waals surface area contributed by atoms with Crippen molar-refractivity contribution in [2.24, 2.45) is 5.73 Å². The normalized spacial score (nSPS) is 13.3. The lowest BCUT2D eigenvalue weighted by Crippen LogP contribution is -2.40. The number of hydrogen-bond donors (Lipinski definition) is 3. The molecule has 124 valence electrons. The Balaban J connectivity index is 1.98. The van der Waals surface area contributed by atoms with Gasteiger partial charge in [0.1, 0.15) is 11.4 Å². The topological polar surface area (TPSA) is 109 Å². The number of nitrogens with one attached hydrogen (secondary N) is 1. The van der Waals surface area contributed by atoms with Crippen LogP contribution in [0.2, 0.25) is 0 Å². The number of carbonyl (C=O) groups is 2. The van der Waals surface area contributed by atoms with E-state index in [2.05, 4.69) is 10.3 Å². The number of rotatable bonds is 3. The third-order valence-electron chi connectivity index (χ3n) is 4.11. The van der Waals surface area contributed by atoms with Gasteiger partial charge in [-0.2, -0.15) is 0 Å². The summed E-state index contributed by atoms with van der Waals surface area (Å²) >= 11 is 0. The summed E-state index contributed by atoms with van der Waals surface area (Å²) in [6.45, 7) is 2.66. The summed E-state index contributed by atoms with van der Waals surface area (Å²) in [7, 11) is 0. The number of amides is 2. The largest absolute Gasteiger partial charge is 0.478 e. The fourth-order valence-corrected chi connectivity index (χ4v) is 2.83. The zero-order valence-corrected chi connectivity index (χ0v) is 13.2. The van der Waals surface area contributed by atoms with Gasteiger partial charge >= 0.3 is 12.0 Å². The van der Waals surface area contributed by atoms with Gasteiger partial charge in [0.15, 0.2) is 0 Å². The van der Waals surface area contributed by atoms with Crippen LogP contribution in [0.3, 0.4) is 0 Å². The van der Waals surface area contributed by atoms with Crippen molar-refractivity contribution >= 4 is 23.5 Å². The molecular weight excluding hydrogens is 308 g/mol. The Morgan fingerprint density at radius 1 is 1.29 bits per heavy atom. The van der Waals surface area contributed by atoms with Crippen LogP contribution in [0.1, 0.15) is 27.0 Å². The molecule has 1 aliphatic rings. The van der Waals surface area contributed by atoms with Crippen LogP contribution in [-0.2, 0) is 13.0 Å². The molecule has 7 nitrogen and oxygen atoms in total. The number of nitrogens with zero attached hydrogens (tertiary/aromatic N) is 2. The van der Waals surface area contributed by atoms with Crippen molar-refractivity contribution < 1.29 is 14.7 Å². The van der Waals surface area contributed by atoms with E-state index >= 15 is 0 Å². The molecule has 0 aliphatic carbocycles. The van der Waals surface area contributed by atoms with Gasteiger partial charge in [0, 0.05) is 25.0 Å². The van der Waals surface area contributed by atoms with Crippen molar-refractivity contribution in [3.63, 3.8) is 0 Å². The Morgan fingerprint density at radius 3 is 2.62 bits per heavy atom. The van der Waals surface area contributed by atoms with Gasteiger partial charge in [0.25, 0.3) is 0 Å². The number of fused-ring (bicyclic) bond motifs is 1. The number of hydrogen-bond acceptors (Lipinski definition) is 4. The molecule has 2 amide bonds. The van der Waals surface area contributed by atoms with Gasteiger partial charge in [0.05, 0.1) is 0 Å². The Morgan fingerprint density at radius 2 is 2.00 bits per heavy atom. The molecule has 0 unspecified atom stereocenters. The predicted octanol–water partition coefficient (Wildman–Crippen LogP) is 2.27. The maximum Gasteiger partial charge on any atom is 0.339 e. The number of carbonyl (C=O) groups excluding carboxylic acids is 1. The van der Waals surface area contributed by atoms with E-state index in [0.29, 0.717) is 29.9 Å². The molecule has 1 aliphatic heterocycles. The first-order valence-electron chi connectivity index (χ1n) is 7.58. The molecule has 0 atom stereocenters. The molecule has 2 aromatic rings. The average molecular weight is 326 g/mol. The number of aryl methyl sites for hydroxylation is 1. The summed E-state index contributed by atoms with van der Waals surface area (Å²) in [5, 5.41) is 12.7. The van der Waals surface area contributed by atoms with Crippen LogP contribution in [0.15, 0.2) is 30.5 Å². The monoisotopic (exact) mass is 326 g/mol. The van der Waals surface area contributed by atoms with Crippen molar-refractivity contribution in [3.05, 3.63) is 52.7 Å². The van der Waals surface area contributed by atoms with E-state index in [1.165, 1.54) is 4.90 Å². The zero-order valence-electron chi connectivity index (χ0n) is 13.2. The minimum atomic E-state index is -1.04. The lowest BCUT2D eigenvalue weighted by atomic mass is 9.96. The number of urea groups is 1. The standard InChI is InChI=1S/C17H18N4O3/c1-10-2-4-12(5-3-10)20-15-14(16(22)23)13-6-7-21(17(18)24)9-11(13)8-19-15/h2-5,8H,6-7,9H2,1H3,(H2,18,24)(H,19,20)(H,22,23). The zero-order chi connectivity index (χ0) is 17.3. The highest BCUT2D eigenvalue weighted by molar-refractivity contribution is 5.96. The van der Waals surface area contributed by atoms with Crippen LogP contribution in [0.5, 0.6) is 0 Å². The lowest BCUT2D eigenvalue weighted by Gasteiger charge is -2.28. The highest BCUT2D eigenvalue weighted by atomic mass is 16.4. The van der Waals surface area contributed by atoms with Crippen molar-refractivity contribution in [2.75, 3.05) is 11.9 Å². The smallest absolute Gasteiger partial charge is 0.339 e. The van der Waals surface area contributed by atoms with E-state index in [0.717, 1.165) is 11.3 Å². The number of anilines is 2. The molecule has 7 heteroatoms. The van der Waals surface area contributed by atoms with Gasteiger partial charge in [-0.25, -0.2) is 14.6 Å². The number of pyridine rings is 1. The summed E-state index contributed by atoms with van der Waals surface area (Å²) < 4.78 is 0. The van der Waals surface area contributed by atoms with E-state index < -0.39 is 12.0 Å². The van der Waals surface area contributed by atoms with Crippen molar-refractivity contribution in [3.8, 4) is 0 Å². The summed E-state index contributed by atoms with van der Waals surface area (Å²) in [5.74, 6) is -0.737. The first-order chi connectivity index (χ1) is 11.5. The highest BCUT2D eigenvalue weighted by Gasteiger charge is 2.26. The quantitative estimate of drug-likeness (QED) is 0.802. The molecule has 0 bridgehead atoms. The molecule has 1 aromatic heterocycles. The fourth-order valence-electron chi connectivity index (χ4n) is 2.83. The lowest BCUT2D eigenvalue weighted by molar-refractivity contribution is 0.0695. The number of aromatic carboxylic acids is 1. The third-order valence-corrected chi connectivity index (χ3v) is 4.11. The Labute approximate surface area is 139 Å². The molecule has 0 fully saturated rings.